The van der Waals surface area contributed by atoms with E-state index >= 15 is 0 Å². The predicted octanol–water partition coefficient (Wildman–Crippen LogP) is 4.09. The number of benzene rings is 1. The van der Waals surface area contributed by atoms with E-state index in [-0.39, 0.29) is 0 Å². The average molecular weight is 274 g/mol. The second-order valence-electron chi connectivity index (χ2n) is 6.05. The van der Waals surface area contributed by atoms with Crippen LogP contribution in [0.25, 0.3) is 0 Å². The molecule has 2 rings (SSSR count). The lowest BCUT2D eigenvalue weighted by molar-refractivity contribution is 0.126. The van der Waals surface area contributed by atoms with Crippen LogP contribution in [0.2, 0.25) is 6.82 Å². The van der Waals surface area contributed by atoms with E-state index in [0.717, 1.165) is 6.42 Å². The van der Waals surface area contributed by atoms with E-state index < -0.39 is 7.12 Å². The molecule has 0 saturated heterocycles. The summed E-state index contributed by atoms with van der Waals surface area (Å²) in [6, 6.07) is 10.7. The molecule has 20 heavy (non-hydrogen) atoms. The fraction of sp³-hybridized carbons (Fsp3) is 0.647. The molecule has 0 heterocycles. The summed E-state index contributed by atoms with van der Waals surface area (Å²) in [5.41, 5.74) is 1.45. The van der Waals surface area contributed by atoms with E-state index in [1.807, 2.05) is 0 Å². The van der Waals surface area contributed by atoms with Crippen LogP contribution in [-0.4, -0.2) is 18.2 Å². The smallest absolute Gasteiger partial charge is 0.427 e. The molecule has 0 radical (unpaired) electrons. The summed E-state index contributed by atoms with van der Waals surface area (Å²) in [7, 11) is -0.612. The Morgan fingerprint density at radius 3 is 2.70 bits per heavy atom. The molecule has 1 aromatic rings. The average Bonchev–Trinajstić information content (AvgIpc) is 2.86. The van der Waals surface area contributed by atoms with Crippen molar-refractivity contribution < 1.29 is 9.68 Å². The van der Waals surface area contributed by atoms with Gasteiger partial charge in [-0.05, 0) is 50.4 Å². The Bertz CT molecular complexity index is 367. The molecule has 3 heteroatoms. The van der Waals surface area contributed by atoms with Crippen molar-refractivity contribution in [2.45, 2.75) is 64.3 Å². The third-order valence-electron chi connectivity index (χ3n) is 4.34. The number of rotatable bonds is 8. The molecule has 0 bridgehead atoms. The molecule has 1 aliphatic carbocycles. The molecule has 1 N–H and O–H groups in total. The molecule has 1 saturated carbocycles. The van der Waals surface area contributed by atoms with Gasteiger partial charge in [0.15, 0.2) is 0 Å². The Kier molecular flexibility index (Phi) is 6.61. The largest absolute Gasteiger partial charge is 0.451 e. The molecule has 110 valence electrons. The van der Waals surface area contributed by atoms with Crippen LogP contribution >= 0.6 is 0 Å². The Morgan fingerprint density at radius 2 is 1.95 bits per heavy atom. The molecule has 0 aromatic heterocycles. The van der Waals surface area contributed by atoms with Crippen molar-refractivity contribution in [3.05, 3.63) is 35.9 Å². The molecule has 1 aliphatic rings. The Morgan fingerprint density at radius 1 is 1.15 bits per heavy atom. The third-order valence-corrected chi connectivity index (χ3v) is 4.34. The summed E-state index contributed by atoms with van der Waals surface area (Å²) in [5, 5.41) is 9.34. The summed E-state index contributed by atoms with van der Waals surface area (Å²) in [4.78, 5) is 0. The van der Waals surface area contributed by atoms with Gasteiger partial charge in [-0.3, -0.25) is 0 Å². The van der Waals surface area contributed by atoms with Crippen molar-refractivity contribution in [1.82, 2.24) is 0 Å². The molecule has 0 amide bonds. The normalized spacial score (nSPS) is 22.1. The molecule has 2 atom stereocenters. The Labute approximate surface area is 123 Å². The molecule has 0 aliphatic heterocycles. The minimum atomic E-state index is -0.612. The van der Waals surface area contributed by atoms with E-state index in [4.69, 9.17) is 4.65 Å². The SMILES string of the molecule is CB(O)O[C@@H]1CCCC1CCCCCc1ccccc1. The lowest BCUT2D eigenvalue weighted by Gasteiger charge is -2.21. The van der Waals surface area contributed by atoms with Crippen molar-refractivity contribution in [2.24, 2.45) is 5.92 Å². The van der Waals surface area contributed by atoms with Gasteiger partial charge in [0.25, 0.3) is 0 Å². The molecule has 1 fully saturated rings. The monoisotopic (exact) mass is 274 g/mol. The number of aryl methyl sites for hydroxylation is 1. The summed E-state index contributed by atoms with van der Waals surface area (Å²) < 4.78 is 5.61. The number of hydrogen-bond donors (Lipinski definition) is 1. The maximum Gasteiger partial charge on any atom is 0.451 e. The van der Waals surface area contributed by atoms with Gasteiger partial charge >= 0.3 is 7.12 Å². The van der Waals surface area contributed by atoms with Crippen molar-refractivity contribution in [3.8, 4) is 0 Å². The van der Waals surface area contributed by atoms with Gasteiger partial charge in [0.2, 0.25) is 0 Å². The van der Waals surface area contributed by atoms with Gasteiger partial charge in [-0.25, -0.2) is 0 Å². The predicted molar refractivity (Wildman–Crippen MR) is 84.7 cm³/mol. The molecule has 2 nitrogen and oxygen atoms in total. The number of unbranched alkanes of at least 4 members (excludes halogenated alkanes) is 2. The van der Waals surface area contributed by atoms with Gasteiger partial charge in [0.05, 0.1) is 0 Å². The second kappa shape index (κ2) is 8.48. The number of hydrogen-bond acceptors (Lipinski definition) is 2. The second-order valence-corrected chi connectivity index (χ2v) is 6.05. The first-order chi connectivity index (χ1) is 9.75. The third kappa shape index (κ3) is 5.30. The summed E-state index contributed by atoms with van der Waals surface area (Å²) in [6.45, 7) is 1.72. The molecule has 0 spiro atoms. The lowest BCUT2D eigenvalue weighted by atomic mass is 9.92. The highest BCUT2D eigenvalue weighted by Crippen LogP contribution is 2.32. The highest BCUT2D eigenvalue weighted by atomic mass is 16.5. The first-order valence-corrected chi connectivity index (χ1v) is 8.13. The van der Waals surface area contributed by atoms with Crippen LogP contribution in [-0.2, 0) is 11.1 Å². The van der Waals surface area contributed by atoms with Crippen molar-refractivity contribution >= 4 is 7.12 Å². The summed E-state index contributed by atoms with van der Waals surface area (Å²) >= 11 is 0. The zero-order chi connectivity index (χ0) is 14.2. The van der Waals surface area contributed by atoms with Crippen molar-refractivity contribution in [3.63, 3.8) is 0 Å². The van der Waals surface area contributed by atoms with Crippen LogP contribution in [0.4, 0.5) is 0 Å². The molecule has 1 aromatic carbocycles. The van der Waals surface area contributed by atoms with Gasteiger partial charge in [0, 0.05) is 6.10 Å². The van der Waals surface area contributed by atoms with Gasteiger partial charge in [-0.2, -0.15) is 0 Å². The van der Waals surface area contributed by atoms with E-state index in [2.05, 4.69) is 30.3 Å². The Balaban J connectivity index is 1.58. The van der Waals surface area contributed by atoms with E-state index in [1.54, 1.807) is 6.82 Å². The molecule has 1 unspecified atom stereocenters. The van der Waals surface area contributed by atoms with Gasteiger partial charge in [-0.15, -0.1) is 0 Å². The topological polar surface area (TPSA) is 29.5 Å². The zero-order valence-electron chi connectivity index (χ0n) is 12.6. The van der Waals surface area contributed by atoms with Crippen LogP contribution in [0.5, 0.6) is 0 Å². The van der Waals surface area contributed by atoms with Crippen molar-refractivity contribution in [1.29, 1.82) is 0 Å². The van der Waals surface area contributed by atoms with Gasteiger partial charge in [-0.1, -0.05) is 49.6 Å². The van der Waals surface area contributed by atoms with Crippen LogP contribution in [0.3, 0.4) is 0 Å². The van der Waals surface area contributed by atoms with Crippen LogP contribution in [0.15, 0.2) is 30.3 Å². The minimum Gasteiger partial charge on any atom is -0.427 e. The lowest BCUT2D eigenvalue weighted by Crippen LogP contribution is -2.26. The molecular weight excluding hydrogens is 247 g/mol. The van der Waals surface area contributed by atoms with Crippen LogP contribution in [0, 0.1) is 5.92 Å². The van der Waals surface area contributed by atoms with Gasteiger partial charge < -0.3 is 9.68 Å². The summed E-state index contributed by atoms with van der Waals surface area (Å²) in [6.07, 6.45) is 10.3. The molecular formula is C17H27BO2. The Hall–Kier alpha value is -0.795. The van der Waals surface area contributed by atoms with E-state index in [1.165, 1.54) is 50.5 Å². The van der Waals surface area contributed by atoms with Gasteiger partial charge in [0.1, 0.15) is 0 Å². The quantitative estimate of drug-likeness (QED) is 0.571. The first kappa shape index (κ1) is 15.6. The first-order valence-electron chi connectivity index (χ1n) is 8.13. The van der Waals surface area contributed by atoms with Crippen LogP contribution < -0.4 is 0 Å². The maximum absolute atomic E-state index is 9.34. The van der Waals surface area contributed by atoms with Crippen LogP contribution in [0.1, 0.15) is 50.5 Å². The zero-order valence-corrected chi connectivity index (χ0v) is 12.6. The standard InChI is InChI=1S/C17H27BO2/c1-18(19)20-17-14-8-13-16(17)12-7-3-6-11-15-9-4-2-5-10-15/h2,4-5,9-10,16-17,19H,3,6-8,11-14H2,1H3/t16?,17-/m1/s1. The fourth-order valence-electron chi connectivity index (χ4n) is 3.32. The maximum atomic E-state index is 9.34. The van der Waals surface area contributed by atoms with Crippen molar-refractivity contribution in [2.75, 3.05) is 0 Å². The highest BCUT2D eigenvalue weighted by Gasteiger charge is 2.29. The highest BCUT2D eigenvalue weighted by molar-refractivity contribution is 6.40. The minimum absolute atomic E-state index is 0.295. The fourth-order valence-corrected chi connectivity index (χ4v) is 3.32. The van der Waals surface area contributed by atoms with E-state index in [9.17, 15) is 5.02 Å². The summed E-state index contributed by atoms with van der Waals surface area (Å²) in [5.74, 6) is 0.668. The van der Waals surface area contributed by atoms with E-state index in [0.29, 0.717) is 12.0 Å².